The van der Waals surface area contributed by atoms with E-state index in [0.29, 0.717) is 0 Å². The Kier molecular flexibility index (Phi) is 8.73. The van der Waals surface area contributed by atoms with Gasteiger partial charge in [0.1, 0.15) is 11.2 Å². The van der Waals surface area contributed by atoms with Crippen LogP contribution in [-0.4, -0.2) is 9.97 Å². The summed E-state index contributed by atoms with van der Waals surface area (Å²) in [6.07, 6.45) is 4.56. The van der Waals surface area contributed by atoms with Crippen LogP contribution in [-0.2, 0) is 26.5 Å². The van der Waals surface area contributed by atoms with Gasteiger partial charge in [-0.05, 0) is 72.1 Å². The molecule has 0 saturated heterocycles. The fourth-order valence-corrected chi connectivity index (χ4v) is 6.08. The van der Waals surface area contributed by atoms with Crippen LogP contribution in [0.5, 0.6) is 0 Å². The molecule has 5 heteroatoms. The summed E-state index contributed by atoms with van der Waals surface area (Å²) in [5.41, 5.74) is 12.0. The molecular weight excluding hydrogens is 769 g/mol. The van der Waals surface area contributed by atoms with Crippen LogP contribution < -0.4 is 0 Å². The van der Waals surface area contributed by atoms with Gasteiger partial charge in [0.05, 0.1) is 11.2 Å². The number of benzene rings is 5. The molecule has 0 saturated carbocycles. The molecule has 0 N–H and O–H groups in total. The van der Waals surface area contributed by atoms with Gasteiger partial charge in [-0.1, -0.05) is 101 Å². The fraction of sp³-hybridized carbons (Fsp3) is 0.0698. The molecule has 4 aromatic heterocycles. The number of aryl methyl sites for hydroxylation is 2. The van der Waals surface area contributed by atoms with E-state index >= 15 is 0 Å². The molecule has 9 aromatic rings. The van der Waals surface area contributed by atoms with E-state index in [-0.39, 0.29) is 20.1 Å². The Labute approximate surface area is 292 Å². The molecule has 9 rings (SSSR count). The van der Waals surface area contributed by atoms with Gasteiger partial charge in [-0.3, -0.25) is 0 Å². The Morgan fingerprint density at radius 2 is 1.17 bits per heavy atom. The molecule has 5 aromatic carbocycles. The maximum Gasteiger partial charge on any atom is 0.121 e. The standard InChI is InChI=1S/C24H16NO.C19H14NO.Ir/c1-2-7-17(8-3-1)15-18-12-13-19-20-9-6-10-21(22-11-4-5-14-25-22)24(20)26-23(19)16-18;1-12-6-8-14-15-4-3-5-16(19(15)21-18(14)10-12)17-9-7-13(2)11-20-17;/h1-9,11-14,16H,15H2;3-4,6-11H,1-2H3;/q2*-1;. The van der Waals surface area contributed by atoms with Gasteiger partial charge in [0, 0.05) is 43.3 Å². The van der Waals surface area contributed by atoms with Crippen molar-refractivity contribution < 1.29 is 28.9 Å². The van der Waals surface area contributed by atoms with Crippen molar-refractivity contribution in [3.63, 3.8) is 0 Å². The van der Waals surface area contributed by atoms with E-state index in [1.165, 1.54) is 16.7 Å². The van der Waals surface area contributed by atoms with Gasteiger partial charge in [-0.25, -0.2) is 0 Å². The van der Waals surface area contributed by atoms with Crippen molar-refractivity contribution in [3.05, 3.63) is 168 Å². The van der Waals surface area contributed by atoms with Gasteiger partial charge in [0.15, 0.2) is 0 Å². The minimum atomic E-state index is 0. The van der Waals surface area contributed by atoms with Gasteiger partial charge < -0.3 is 18.8 Å². The molecule has 4 nitrogen and oxygen atoms in total. The molecule has 4 heterocycles. The van der Waals surface area contributed by atoms with Crippen LogP contribution in [0.1, 0.15) is 22.3 Å². The predicted octanol–water partition coefficient (Wildman–Crippen LogP) is 11.1. The monoisotopic (exact) mass is 799 g/mol. The van der Waals surface area contributed by atoms with Crippen molar-refractivity contribution in [2.45, 2.75) is 20.3 Å². The van der Waals surface area contributed by atoms with Crippen molar-refractivity contribution in [3.8, 4) is 22.5 Å². The maximum absolute atomic E-state index is 6.25. The first-order chi connectivity index (χ1) is 23.1. The summed E-state index contributed by atoms with van der Waals surface area (Å²) in [4.78, 5) is 8.95. The second kappa shape index (κ2) is 13.4. The van der Waals surface area contributed by atoms with Gasteiger partial charge in [-0.15, -0.1) is 36.4 Å². The summed E-state index contributed by atoms with van der Waals surface area (Å²) in [7, 11) is 0. The van der Waals surface area contributed by atoms with Crippen LogP contribution >= 0.6 is 0 Å². The summed E-state index contributed by atoms with van der Waals surface area (Å²) in [6, 6.07) is 47.8. The minimum Gasteiger partial charge on any atom is -0.501 e. The van der Waals surface area contributed by atoms with Crippen molar-refractivity contribution in [1.82, 2.24) is 9.97 Å². The quantitative estimate of drug-likeness (QED) is 0.166. The smallest absolute Gasteiger partial charge is 0.121 e. The molecule has 1 radical (unpaired) electrons. The first-order valence-electron chi connectivity index (χ1n) is 15.7. The zero-order valence-corrected chi connectivity index (χ0v) is 28.8. The topological polar surface area (TPSA) is 52.1 Å². The van der Waals surface area contributed by atoms with Gasteiger partial charge >= 0.3 is 0 Å². The molecule has 0 fully saturated rings. The van der Waals surface area contributed by atoms with Crippen LogP contribution in [0.4, 0.5) is 0 Å². The third-order valence-electron chi connectivity index (χ3n) is 8.43. The normalized spacial score (nSPS) is 11.0. The van der Waals surface area contributed by atoms with Gasteiger partial charge in [0.2, 0.25) is 0 Å². The van der Waals surface area contributed by atoms with Crippen LogP contribution in [0.3, 0.4) is 0 Å². The Morgan fingerprint density at radius 3 is 1.81 bits per heavy atom. The molecule has 0 aliphatic heterocycles. The summed E-state index contributed by atoms with van der Waals surface area (Å²) in [5.74, 6) is 0. The second-order valence-corrected chi connectivity index (χ2v) is 11.8. The molecule has 0 amide bonds. The van der Waals surface area contributed by atoms with E-state index < -0.39 is 0 Å². The molecule has 0 aliphatic rings. The number of rotatable bonds is 4. The van der Waals surface area contributed by atoms with E-state index in [2.05, 4.69) is 102 Å². The fourth-order valence-electron chi connectivity index (χ4n) is 6.08. The van der Waals surface area contributed by atoms with Gasteiger partial charge in [0.25, 0.3) is 0 Å². The van der Waals surface area contributed by atoms with Crippen molar-refractivity contribution in [2.75, 3.05) is 0 Å². The minimum absolute atomic E-state index is 0. The zero-order valence-electron chi connectivity index (χ0n) is 26.5. The molecule has 0 unspecified atom stereocenters. The van der Waals surface area contributed by atoms with Crippen molar-refractivity contribution in [2.24, 2.45) is 0 Å². The predicted molar refractivity (Wildman–Crippen MR) is 190 cm³/mol. The summed E-state index contributed by atoms with van der Waals surface area (Å²) in [6.45, 7) is 4.10. The number of pyridine rings is 2. The van der Waals surface area contributed by atoms with Crippen LogP contribution in [0.15, 0.2) is 143 Å². The maximum atomic E-state index is 6.25. The van der Waals surface area contributed by atoms with E-state index in [4.69, 9.17) is 8.83 Å². The average Bonchev–Trinajstić information content (AvgIpc) is 3.67. The van der Waals surface area contributed by atoms with Crippen LogP contribution in [0.25, 0.3) is 66.4 Å². The average molecular weight is 799 g/mol. The van der Waals surface area contributed by atoms with E-state index in [0.717, 1.165) is 78.4 Å². The molecule has 0 atom stereocenters. The Bertz CT molecular complexity index is 2500. The van der Waals surface area contributed by atoms with E-state index in [9.17, 15) is 0 Å². The van der Waals surface area contributed by atoms with Crippen molar-refractivity contribution in [1.29, 1.82) is 0 Å². The molecule has 48 heavy (non-hydrogen) atoms. The summed E-state index contributed by atoms with van der Waals surface area (Å²) in [5, 5.41) is 4.48. The van der Waals surface area contributed by atoms with E-state index in [1.807, 2.05) is 61.7 Å². The molecule has 0 bridgehead atoms. The number of aromatic nitrogens is 2. The van der Waals surface area contributed by atoms with Crippen LogP contribution in [0, 0.1) is 26.0 Å². The summed E-state index contributed by atoms with van der Waals surface area (Å²) < 4.78 is 12.3. The zero-order chi connectivity index (χ0) is 31.7. The third kappa shape index (κ3) is 6.06. The van der Waals surface area contributed by atoms with E-state index in [1.54, 1.807) is 6.20 Å². The number of fused-ring (bicyclic) bond motifs is 6. The SMILES string of the molecule is Cc1ccc(-c2[c-]ccc3c2oc2cc(C)ccc23)nc1.[Ir].[c-]1ccc2c(oc3cc(Cc4ccccc4)ccc32)c1-c1ccccn1. The Morgan fingerprint density at radius 1 is 0.542 bits per heavy atom. The molecule has 0 spiro atoms. The first kappa shape index (κ1) is 31.3. The van der Waals surface area contributed by atoms with Gasteiger partial charge in [-0.2, -0.15) is 0 Å². The number of furan rings is 2. The number of nitrogens with zero attached hydrogens (tertiary/aromatic N) is 2. The Hall–Kier alpha value is -5.35. The third-order valence-corrected chi connectivity index (χ3v) is 8.43. The summed E-state index contributed by atoms with van der Waals surface area (Å²) >= 11 is 0. The number of hydrogen-bond donors (Lipinski definition) is 0. The second-order valence-electron chi connectivity index (χ2n) is 11.8. The largest absolute Gasteiger partial charge is 0.501 e. The molecule has 235 valence electrons. The molecular formula is C43H30IrN2O2-2. The van der Waals surface area contributed by atoms with Crippen molar-refractivity contribution >= 4 is 43.9 Å². The molecule has 0 aliphatic carbocycles. The Balaban J connectivity index is 0.000000152. The number of hydrogen-bond acceptors (Lipinski definition) is 4. The first-order valence-corrected chi connectivity index (χ1v) is 15.7. The van der Waals surface area contributed by atoms with Crippen LogP contribution in [0.2, 0.25) is 0 Å².